The lowest BCUT2D eigenvalue weighted by atomic mass is 10.1. The van der Waals surface area contributed by atoms with E-state index >= 15 is 0 Å². The zero-order valence-electron chi connectivity index (χ0n) is 17.3. The first-order valence-electron chi connectivity index (χ1n) is 9.42. The number of hydrogen-bond donors (Lipinski definition) is 1. The Kier molecular flexibility index (Phi) is 5.53. The number of hydrogen-bond acceptors (Lipinski definition) is 6. The number of H-pyrrole nitrogens is 1. The molecule has 0 spiro atoms. The molecule has 8 nitrogen and oxygen atoms in total. The first kappa shape index (κ1) is 20.7. The van der Waals surface area contributed by atoms with Gasteiger partial charge in [0.25, 0.3) is 0 Å². The van der Waals surface area contributed by atoms with Crippen molar-refractivity contribution in [1.82, 2.24) is 24.2 Å². The molecule has 4 rings (SSSR count). The van der Waals surface area contributed by atoms with Crippen molar-refractivity contribution >= 4 is 10.0 Å². The van der Waals surface area contributed by atoms with Crippen LogP contribution in [0.5, 0.6) is 5.75 Å². The van der Waals surface area contributed by atoms with Gasteiger partial charge in [0.2, 0.25) is 10.0 Å². The second-order valence-electron chi connectivity index (χ2n) is 7.00. The molecule has 0 aliphatic heterocycles. The molecular weight excluding hydrogens is 414 g/mol. The summed E-state index contributed by atoms with van der Waals surface area (Å²) in [5.41, 5.74) is 4.11. The topological polar surface area (TPSA) is 101 Å². The highest BCUT2D eigenvalue weighted by Crippen LogP contribution is 2.27. The second kappa shape index (κ2) is 8.29. The lowest BCUT2D eigenvalue weighted by Crippen LogP contribution is -2.22. The van der Waals surface area contributed by atoms with Crippen LogP contribution < -0.4 is 4.74 Å². The standard InChI is InChI=1S/C22H21N5O3S/c1-27(2)31(28,29)19-6-4-15(5-7-19)21-14-25-22(26-21)20-11-16(8-9-24-20)17-10-18(30-3)13-23-12-17/h4-14H,1-3H3,(H,25,26). The molecule has 0 radical (unpaired) electrons. The van der Waals surface area contributed by atoms with E-state index in [1.807, 2.05) is 18.2 Å². The molecule has 0 aliphatic rings. The van der Waals surface area contributed by atoms with Gasteiger partial charge in [-0.3, -0.25) is 9.97 Å². The van der Waals surface area contributed by atoms with Gasteiger partial charge >= 0.3 is 0 Å². The fourth-order valence-electron chi connectivity index (χ4n) is 3.04. The molecule has 31 heavy (non-hydrogen) atoms. The van der Waals surface area contributed by atoms with E-state index in [4.69, 9.17) is 4.74 Å². The number of aromatic nitrogens is 4. The average Bonchev–Trinajstić information content (AvgIpc) is 3.29. The summed E-state index contributed by atoms with van der Waals surface area (Å²) in [7, 11) is 1.15. The van der Waals surface area contributed by atoms with Crippen molar-refractivity contribution in [1.29, 1.82) is 0 Å². The maximum atomic E-state index is 12.2. The average molecular weight is 436 g/mol. The first-order valence-corrected chi connectivity index (χ1v) is 10.9. The van der Waals surface area contributed by atoms with Crippen molar-refractivity contribution in [2.24, 2.45) is 0 Å². The Bertz CT molecular complexity index is 1310. The minimum atomic E-state index is -3.47. The maximum absolute atomic E-state index is 12.2. The second-order valence-corrected chi connectivity index (χ2v) is 9.15. The fraction of sp³-hybridized carbons (Fsp3) is 0.136. The smallest absolute Gasteiger partial charge is 0.242 e. The van der Waals surface area contributed by atoms with Gasteiger partial charge in [-0.1, -0.05) is 12.1 Å². The minimum absolute atomic E-state index is 0.238. The van der Waals surface area contributed by atoms with Crippen LogP contribution in [0.3, 0.4) is 0 Å². The molecule has 4 aromatic rings. The zero-order valence-corrected chi connectivity index (χ0v) is 18.1. The molecule has 0 saturated heterocycles. The van der Waals surface area contributed by atoms with Gasteiger partial charge in [-0.2, -0.15) is 0 Å². The van der Waals surface area contributed by atoms with E-state index in [1.54, 1.807) is 56.2 Å². The number of aromatic amines is 1. The lowest BCUT2D eigenvalue weighted by Gasteiger charge is -2.11. The van der Waals surface area contributed by atoms with E-state index in [0.29, 0.717) is 17.3 Å². The number of imidazole rings is 1. The van der Waals surface area contributed by atoms with Crippen LogP contribution in [-0.2, 0) is 10.0 Å². The molecule has 9 heteroatoms. The van der Waals surface area contributed by atoms with E-state index in [-0.39, 0.29) is 4.90 Å². The number of rotatable bonds is 6. The quantitative estimate of drug-likeness (QED) is 0.498. The Morgan fingerprint density at radius 1 is 0.903 bits per heavy atom. The van der Waals surface area contributed by atoms with Gasteiger partial charge < -0.3 is 9.72 Å². The molecule has 1 N–H and O–H groups in total. The summed E-state index contributed by atoms with van der Waals surface area (Å²) in [6.07, 6.45) is 6.83. The summed E-state index contributed by atoms with van der Waals surface area (Å²) >= 11 is 0. The highest BCUT2D eigenvalue weighted by atomic mass is 32.2. The van der Waals surface area contributed by atoms with Crippen LogP contribution in [0.15, 0.2) is 72.1 Å². The third-order valence-corrected chi connectivity index (χ3v) is 6.63. The van der Waals surface area contributed by atoms with Gasteiger partial charge in [0.1, 0.15) is 11.4 Å². The van der Waals surface area contributed by atoms with E-state index in [0.717, 1.165) is 22.4 Å². The van der Waals surface area contributed by atoms with Gasteiger partial charge in [-0.05, 0) is 41.5 Å². The molecule has 0 amide bonds. The summed E-state index contributed by atoms with van der Waals surface area (Å²) < 4.78 is 30.9. The SMILES string of the molecule is COc1cncc(-c2ccnc(-c3ncc(-c4ccc(S(=O)(=O)N(C)C)cc4)[nH]3)c2)c1. The Morgan fingerprint density at radius 3 is 2.39 bits per heavy atom. The van der Waals surface area contributed by atoms with Crippen LogP contribution in [0.25, 0.3) is 33.9 Å². The molecule has 0 atom stereocenters. The molecule has 0 bridgehead atoms. The monoisotopic (exact) mass is 435 g/mol. The molecule has 3 heterocycles. The van der Waals surface area contributed by atoms with Gasteiger partial charge in [0.15, 0.2) is 5.82 Å². The molecule has 1 aromatic carbocycles. The zero-order chi connectivity index (χ0) is 22.0. The minimum Gasteiger partial charge on any atom is -0.495 e. The Hall–Kier alpha value is -3.56. The van der Waals surface area contributed by atoms with Crippen molar-refractivity contribution in [3.63, 3.8) is 0 Å². The van der Waals surface area contributed by atoms with Crippen molar-refractivity contribution in [2.45, 2.75) is 4.90 Å². The van der Waals surface area contributed by atoms with Gasteiger partial charge in [-0.25, -0.2) is 17.7 Å². The van der Waals surface area contributed by atoms with Crippen LogP contribution in [0, 0.1) is 0 Å². The molecule has 0 aliphatic carbocycles. The van der Waals surface area contributed by atoms with Crippen molar-refractivity contribution < 1.29 is 13.2 Å². The number of ether oxygens (including phenoxy) is 1. The van der Waals surface area contributed by atoms with Crippen molar-refractivity contribution in [3.05, 3.63) is 67.3 Å². The normalized spacial score (nSPS) is 11.6. The third-order valence-electron chi connectivity index (χ3n) is 4.80. The van der Waals surface area contributed by atoms with Crippen molar-refractivity contribution in [3.8, 4) is 39.7 Å². The van der Waals surface area contributed by atoms with Gasteiger partial charge in [0, 0.05) is 32.1 Å². The number of nitrogens with one attached hydrogen (secondary N) is 1. The lowest BCUT2D eigenvalue weighted by molar-refractivity contribution is 0.413. The summed E-state index contributed by atoms with van der Waals surface area (Å²) in [6, 6.07) is 12.4. The van der Waals surface area contributed by atoms with Crippen molar-refractivity contribution in [2.75, 3.05) is 21.2 Å². The van der Waals surface area contributed by atoms with E-state index in [1.165, 1.54) is 18.4 Å². The Balaban J connectivity index is 1.62. The van der Waals surface area contributed by atoms with Crippen LogP contribution in [0.4, 0.5) is 0 Å². The molecule has 3 aromatic heterocycles. The predicted octanol–water partition coefficient (Wildman–Crippen LogP) is 3.46. The molecule has 0 saturated carbocycles. The number of nitrogens with zero attached hydrogens (tertiary/aromatic N) is 4. The van der Waals surface area contributed by atoms with E-state index < -0.39 is 10.0 Å². The molecule has 0 unspecified atom stereocenters. The largest absolute Gasteiger partial charge is 0.495 e. The van der Waals surface area contributed by atoms with Crippen LogP contribution in [0.1, 0.15) is 0 Å². The summed E-state index contributed by atoms with van der Waals surface area (Å²) in [6.45, 7) is 0. The molecule has 0 fully saturated rings. The Labute approximate surface area is 180 Å². The van der Waals surface area contributed by atoms with Crippen LogP contribution >= 0.6 is 0 Å². The van der Waals surface area contributed by atoms with E-state index in [2.05, 4.69) is 19.9 Å². The number of benzene rings is 1. The van der Waals surface area contributed by atoms with Crippen LogP contribution in [-0.4, -0.2) is 53.9 Å². The first-order chi connectivity index (χ1) is 14.9. The van der Waals surface area contributed by atoms with E-state index in [9.17, 15) is 8.42 Å². The van der Waals surface area contributed by atoms with Gasteiger partial charge in [0.05, 0.1) is 30.1 Å². The summed E-state index contributed by atoms with van der Waals surface area (Å²) in [5, 5.41) is 0. The molecule has 158 valence electrons. The van der Waals surface area contributed by atoms with Crippen LogP contribution in [0.2, 0.25) is 0 Å². The van der Waals surface area contributed by atoms with Gasteiger partial charge in [-0.15, -0.1) is 0 Å². The highest BCUT2D eigenvalue weighted by Gasteiger charge is 2.17. The third kappa shape index (κ3) is 4.18. The summed E-state index contributed by atoms with van der Waals surface area (Å²) in [5.74, 6) is 1.29. The Morgan fingerprint density at radius 2 is 1.68 bits per heavy atom. The molecular formula is C22H21N5O3S. The fourth-order valence-corrected chi connectivity index (χ4v) is 3.94. The maximum Gasteiger partial charge on any atom is 0.242 e. The predicted molar refractivity (Wildman–Crippen MR) is 118 cm³/mol. The number of methoxy groups -OCH3 is 1. The number of sulfonamides is 1. The number of pyridine rings is 2. The highest BCUT2D eigenvalue weighted by molar-refractivity contribution is 7.89. The summed E-state index contributed by atoms with van der Waals surface area (Å²) in [4.78, 5) is 16.6.